The monoisotopic (exact) mass is 373 g/mol. The standard InChI is InChI=1S/C20H27N3O2S/c24-15-6-8-16(9-7-15)26-12-19-22-18-11-14(21-13-3-1-2-4-13)5-10-17(18)20(25)23-19/h5,10-11,13,15-16,21,24H,1-4,6-9,12H2,(H,22,23,25). The van der Waals surface area contributed by atoms with E-state index in [0.29, 0.717) is 22.4 Å². The van der Waals surface area contributed by atoms with Crippen LogP contribution in [0.5, 0.6) is 0 Å². The minimum atomic E-state index is -0.128. The molecule has 1 heterocycles. The molecule has 0 amide bonds. The Bertz CT molecular complexity index is 808. The fourth-order valence-electron chi connectivity index (χ4n) is 4.06. The van der Waals surface area contributed by atoms with E-state index in [1.54, 1.807) is 0 Å². The van der Waals surface area contributed by atoms with Crippen molar-refractivity contribution in [2.24, 2.45) is 0 Å². The molecule has 6 heteroatoms. The molecular formula is C20H27N3O2S. The molecule has 26 heavy (non-hydrogen) atoms. The molecule has 2 fully saturated rings. The molecule has 0 atom stereocenters. The zero-order chi connectivity index (χ0) is 17.9. The predicted molar refractivity (Wildman–Crippen MR) is 108 cm³/mol. The molecule has 2 aromatic rings. The Balaban J connectivity index is 1.47. The van der Waals surface area contributed by atoms with Gasteiger partial charge in [0, 0.05) is 17.0 Å². The summed E-state index contributed by atoms with van der Waals surface area (Å²) in [6.07, 6.45) is 8.75. The first-order valence-electron chi connectivity index (χ1n) is 9.76. The SMILES string of the molecule is O=c1[nH]c(CSC2CCC(O)CC2)nc2cc(NC3CCCC3)ccc12. The number of nitrogens with zero attached hydrogens (tertiary/aromatic N) is 1. The van der Waals surface area contributed by atoms with Crippen molar-refractivity contribution in [1.82, 2.24) is 9.97 Å². The third-order valence-electron chi connectivity index (χ3n) is 5.58. The largest absolute Gasteiger partial charge is 0.393 e. The average molecular weight is 374 g/mol. The lowest BCUT2D eigenvalue weighted by Gasteiger charge is -2.24. The molecule has 4 rings (SSSR count). The number of hydrogen-bond acceptors (Lipinski definition) is 5. The van der Waals surface area contributed by atoms with E-state index < -0.39 is 0 Å². The van der Waals surface area contributed by atoms with Crippen molar-refractivity contribution in [2.75, 3.05) is 5.32 Å². The number of benzene rings is 1. The average Bonchev–Trinajstić information content (AvgIpc) is 3.14. The summed E-state index contributed by atoms with van der Waals surface area (Å²) in [5.74, 6) is 1.46. The fourth-order valence-corrected chi connectivity index (χ4v) is 5.20. The summed E-state index contributed by atoms with van der Waals surface area (Å²) in [6.45, 7) is 0. The zero-order valence-electron chi connectivity index (χ0n) is 15.0. The smallest absolute Gasteiger partial charge is 0.258 e. The first kappa shape index (κ1) is 17.9. The van der Waals surface area contributed by atoms with Crippen molar-refractivity contribution in [2.45, 2.75) is 74.5 Å². The lowest BCUT2D eigenvalue weighted by Crippen LogP contribution is -2.20. The van der Waals surface area contributed by atoms with E-state index in [9.17, 15) is 9.90 Å². The summed E-state index contributed by atoms with van der Waals surface area (Å²) in [5, 5.41) is 14.4. The van der Waals surface area contributed by atoms with Gasteiger partial charge < -0.3 is 15.4 Å². The first-order valence-corrected chi connectivity index (χ1v) is 10.8. The number of hydrogen-bond donors (Lipinski definition) is 3. The fraction of sp³-hybridized carbons (Fsp3) is 0.600. The van der Waals surface area contributed by atoms with Crippen LogP contribution in [0.2, 0.25) is 0 Å². The normalized spacial score (nSPS) is 24.2. The van der Waals surface area contributed by atoms with Crippen LogP contribution in [0.1, 0.15) is 57.2 Å². The Morgan fingerprint density at radius 3 is 2.69 bits per heavy atom. The van der Waals surface area contributed by atoms with Crippen molar-refractivity contribution in [3.05, 3.63) is 34.4 Å². The molecule has 0 saturated heterocycles. The van der Waals surface area contributed by atoms with Crippen LogP contribution in [0, 0.1) is 0 Å². The lowest BCUT2D eigenvalue weighted by molar-refractivity contribution is 0.132. The molecule has 5 nitrogen and oxygen atoms in total. The van der Waals surface area contributed by atoms with Gasteiger partial charge >= 0.3 is 0 Å². The van der Waals surface area contributed by atoms with E-state index in [-0.39, 0.29) is 11.7 Å². The van der Waals surface area contributed by atoms with Crippen molar-refractivity contribution in [1.29, 1.82) is 0 Å². The van der Waals surface area contributed by atoms with Crippen LogP contribution in [-0.4, -0.2) is 32.5 Å². The van der Waals surface area contributed by atoms with Gasteiger partial charge in [-0.1, -0.05) is 12.8 Å². The number of aromatic amines is 1. The predicted octanol–water partition coefficient (Wildman–Crippen LogP) is 3.81. The number of aromatic nitrogens is 2. The number of anilines is 1. The van der Waals surface area contributed by atoms with Gasteiger partial charge in [0.1, 0.15) is 5.82 Å². The Labute approximate surface area is 158 Å². The molecular weight excluding hydrogens is 346 g/mol. The molecule has 2 aliphatic carbocycles. The third kappa shape index (κ3) is 4.23. The highest BCUT2D eigenvalue weighted by atomic mass is 32.2. The number of rotatable bonds is 5. The molecule has 3 N–H and O–H groups in total. The molecule has 0 bridgehead atoms. The Kier molecular flexibility index (Phi) is 5.50. The Morgan fingerprint density at radius 2 is 1.92 bits per heavy atom. The first-order chi connectivity index (χ1) is 12.7. The third-order valence-corrected chi connectivity index (χ3v) is 6.96. The summed E-state index contributed by atoms with van der Waals surface area (Å²) < 4.78 is 0. The number of nitrogens with one attached hydrogen (secondary N) is 2. The summed E-state index contributed by atoms with van der Waals surface area (Å²) in [7, 11) is 0. The zero-order valence-corrected chi connectivity index (χ0v) is 15.9. The Hall–Kier alpha value is -1.53. The molecule has 1 aromatic carbocycles. The molecule has 2 aliphatic rings. The summed E-state index contributed by atoms with van der Waals surface area (Å²) in [4.78, 5) is 20.0. The van der Waals surface area contributed by atoms with Gasteiger partial charge in [0.25, 0.3) is 5.56 Å². The van der Waals surface area contributed by atoms with Gasteiger partial charge in [-0.05, 0) is 56.7 Å². The molecule has 0 radical (unpaired) electrons. The summed E-state index contributed by atoms with van der Waals surface area (Å²) in [6, 6.07) is 6.41. The number of aliphatic hydroxyl groups is 1. The minimum absolute atomic E-state index is 0.0583. The second-order valence-corrected chi connectivity index (χ2v) is 8.90. The van der Waals surface area contributed by atoms with Crippen LogP contribution in [0.25, 0.3) is 10.9 Å². The molecule has 1 aromatic heterocycles. The highest BCUT2D eigenvalue weighted by Crippen LogP contribution is 2.30. The highest BCUT2D eigenvalue weighted by molar-refractivity contribution is 7.99. The lowest BCUT2D eigenvalue weighted by atomic mass is 9.97. The van der Waals surface area contributed by atoms with Gasteiger partial charge in [0.05, 0.1) is 22.8 Å². The highest BCUT2D eigenvalue weighted by Gasteiger charge is 2.20. The van der Waals surface area contributed by atoms with Gasteiger partial charge in [-0.25, -0.2) is 4.98 Å². The second kappa shape index (κ2) is 8.01. The number of fused-ring (bicyclic) bond motifs is 1. The van der Waals surface area contributed by atoms with Crippen molar-refractivity contribution < 1.29 is 5.11 Å². The van der Waals surface area contributed by atoms with E-state index in [4.69, 9.17) is 4.98 Å². The van der Waals surface area contributed by atoms with E-state index in [0.717, 1.165) is 42.7 Å². The van der Waals surface area contributed by atoms with Crippen LogP contribution in [0.15, 0.2) is 23.0 Å². The van der Waals surface area contributed by atoms with Crippen molar-refractivity contribution in [3.8, 4) is 0 Å². The van der Waals surface area contributed by atoms with E-state index in [1.807, 2.05) is 30.0 Å². The van der Waals surface area contributed by atoms with Crippen molar-refractivity contribution >= 4 is 28.4 Å². The Morgan fingerprint density at radius 1 is 1.15 bits per heavy atom. The van der Waals surface area contributed by atoms with Crippen LogP contribution in [0.3, 0.4) is 0 Å². The number of aliphatic hydroxyl groups excluding tert-OH is 1. The quantitative estimate of drug-likeness (QED) is 0.743. The molecule has 0 unspecified atom stereocenters. The number of H-pyrrole nitrogens is 1. The topological polar surface area (TPSA) is 78.0 Å². The van der Waals surface area contributed by atoms with Gasteiger partial charge in [0.2, 0.25) is 0 Å². The molecule has 2 saturated carbocycles. The minimum Gasteiger partial charge on any atom is -0.393 e. The molecule has 140 valence electrons. The molecule has 0 spiro atoms. The van der Waals surface area contributed by atoms with Gasteiger partial charge in [-0.2, -0.15) is 11.8 Å². The van der Waals surface area contributed by atoms with E-state index >= 15 is 0 Å². The number of thioether (sulfide) groups is 1. The maximum absolute atomic E-state index is 12.4. The van der Waals surface area contributed by atoms with Gasteiger partial charge in [-0.15, -0.1) is 0 Å². The van der Waals surface area contributed by atoms with E-state index in [2.05, 4.69) is 10.3 Å². The van der Waals surface area contributed by atoms with Crippen LogP contribution < -0.4 is 10.9 Å². The maximum Gasteiger partial charge on any atom is 0.258 e. The van der Waals surface area contributed by atoms with Crippen LogP contribution in [0.4, 0.5) is 5.69 Å². The van der Waals surface area contributed by atoms with Gasteiger partial charge in [-0.3, -0.25) is 4.79 Å². The van der Waals surface area contributed by atoms with Gasteiger partial charge in [0.15, 0.2) is 0 Å². The van der Waals surface area contributed by atoms with Crippen molar-refractivity contribution in [3.63, 3.8) is 0 Å². The van der Waals surface area contributed by atoms with E-state index in [1.165, 1.54) is 25.7 Å². The summed E-state index contributed by atoms with van der Waals surface area (Å²) >= 11 is 1.84. The van der Waals surface area contributed by atoms with Crippen LogP contribution in [-0.2, 0) is 5.75 Å². The second-order valence-electron chi connectivity index (χ2n) is 7.61. The maximum atomic E-state index is 12.4. The summed E-state index contributed by atoms with van der Waals surface area (Å²) in [5.41, 5.74) is 1.77. The molecule has 0 aliphatic heterocycles. The van der Waals surface area contributed by atoms with Crippen LogP contribution >= 0.6 is 11.8 Å².